The number of hydrogen-bond acceptors (Lipinski definition) is 2. The van der Waals surface area contributed by atoms with Gasteiger partial charge in [-0.1, -0.05) is 27.7 Å². The maximum atomic E-state index is 13.0. The molecule has 0 aromatic carbocycles. The zero-order valence-electron chi connectivity index (χ0n) is 13.2. The number of nitrogens with one attached hydrogen (secondary N) is 1. The third-order valence-corrected chi connectivity index (χ3v) is 5.24. The smallest absolute Gasteiger partial charge is 0.246 e. The van der Waals surface area contributed by atoms with Crippen LogP contribution in [0.2, 0.25) is 0 Å². The number of amides is 2. The number of rotatable bonds is 6. The van der Waals surface area contributed by atoms with E-state index in [1.165, 1.54) is 0 Å². The fraction of sp³-hybridized carbons (Fsp3) is 0.875. The van der Waals surface area contributed by atoms with Crippen LogP contribution in [0.5, 0.6) is 0 Å². The van der Waals surface area contributed by atoms with Gasteiger partial charge in [-0.2, -0.15) is 0 Å². The maximum Gasteiger partial charge on any atom is 0.246 e. The molecule has 0 spiro atoms. The Hall–Kier alpha value is -1.06. The quantitative estimate of drug-likeness (QED) is 0.812. The minimum absolute atomic E-state index is 0.0610. The number of carbonyl (C=O) groups excluding carboxylic acids is 2. The van der Waals surface area contributed by atoms with Gasteiger partial charge in [0.05, 0.1) is 0 Å². The van der Waals surface area contributed by atoms with E-state index >= 15 is 0 Å². The number of carbonyl (C=O) groups is 2. The lowest BCUT2D eigenvalue weighted by Crippen LogP contribution is -2.72. The molecule has 1 unspecified atom stereocenters. The molecule has 1 aliphatic heterocycles. The topological polar surface area (TPSA) is 49.4 Å². The molecule has 1 saturated heterocycles. The molecule has 2 aliphatic rings. The summed E-state index contributed by atoms with van der Waals surface area (Å²) in [4.78, 5) is 27.6. The highest BCUT2D eigenvalue weighted by atomic mass is 16.2. The maximum absolute atomic E-state index is 13.0. The number of piperazine rings is 1. The van der Waals surface area contributed by atoms with Crippen molar-refractivity contribution in [3.05, 3.63) is 0 Å². The predicted octanol–water partition coefficient (Wildman–Crippen LogP) is 2.47. The van der Waals surface area contributed by atoms with Gasteiger partial charge in [-0.3, -0.25) is 9.59 Å². The normalized spacial score (nSPS) is 26.1. The summed E-state index contributed by atoms with van der Waals surface area (Å²) in [5.74, 6) is 0.588. The first kappa shape index (κ1) is 15.3. The van der Waals surface area contributed by atoms with Gasteiger partial charge in [0, 0.05) is 6.04 Å². The second kappa shape index (κ2) is 5.74. The van der Waals surface area contributed by atoms with Crippen molar-refractivity contribution in [3.8, 4) is 0 Å². The molecule has 0 radical (unpaired) electrons. The summed E-state index contributed by atoms with van der Waals surface area (Å²) in [5, 5.41) is 3.02. The standard InChI is InChI=1S/C16H28N2O2/c1-5-12(6-2)18-14(19)13(11-9-10-11)17-15(20)16(18,7-3)8-4/h11-13H,5-10H2,1-4H3,(H,17,20). The Kier molecular flexibility index (Phi) is 4.40. The molecule has 1 heterocycles. The first-order valence-corrected chi connectivity index (χ1v) is 8.19. The average Bonchev–Trinajstić information content (AvgIpc) is 3.28. The summed E-state index contributed by atoms with van der Waals surface area (Å²) in [7, 11) is 0. The molecule has 1 saturated carbocycles. The number of hydrogen-bond donors (Lipinski definition) is 1. The Morgan fingerprint density at radius 1 is 1.15 bits per heavy atom. The highest BCUT2D eigenvalue weighted by Crippen LogP contribution is 2.40. The summed E-state index contributed by atoms with van der Waals surface area (Å²) < 4.78 is 0. The molecule has 4 nitrogen and oxygen atoms in total. The van der Waals surface area contributed by atoms with Crippen molar-refractivity contribution in [3.63, 3.8) is 0 Å². The highest BCUT2D eigenvalue weighted by molar-refractivity contribution is 6.00. The minimum Gasteiger partial charge on any atom is -0.342 e. The van der Waals surface area contributed by atoms with E-state index in [4.69, 9.17) is 0 Å². The van der Waals surface area contributed by atoms with Crippen LogP contribution in [0, 0.1) is 5.92 Å². The minimum atomic E-state index is -0.640. The van der Waals surface area contributed by atoms with Gasteiger partial charge in [-0.15, -0.1) is 0 Å². The van der Waals surface area contributed by atoms with Crippen molar-refractivity contribution < 1.29 is 9.59 Å². The second-order valence-electron chi connectivity index (χ2n) is 6.21. The van der Waals surface area contributed by atoms with Gasteiger partial charge in [0.15, 0.2) is 0 Å². The largest absolute Gasteiger partial charge is 0.342 e. The SMILES string of the molecule is CCC(CC)N1C(=O)C(C2CC2)NC(=O)C1(CC)CC. The van der Waals surface area contributed by atoms with Crippen molar-refractivity contribution >= 4 is 11.8 Å². The van der Waals surface area contributed by atoms with Gasteiger partial charge >= 0.3 is 0 Å². The zero-order chi connectivity index (χ0) is 14.9. The van der Waals surface area contributed by atoms with Crippen molar-refractivity contribution in [2.24, 2.45) is 5.92 Å². The molecule has 2 rings (SSSR count). The molecule has 1 N–H and O–H groups in total. The van der Waals surface area contributed by atoms with Gasteiger partial charge in [-0.25, -0.2) is 0 Å². The Labute approximate surface area is 122 Å². The van der Waals surface area contributed by atoms with E-state index in [1.807, 2.05) is 18.7 Å². The Balaban J connectivity index is 2.39. The van der Waals surface area contributed by atoms with E-state index < -0.39 is 5.54 Å². The molecular formula is C16H28N2O2. The van der Waals surface area contributed by atoms with Gasteiger partial charge in [0.25, 0.3) is 0 Å². The highest BCUT2D eigenvalue weighted by Gasteiger charge is 2.54. The van der Waals surface area contributed by atoms with Crippen LogP contribution in [0.4, 0.5) is 0 Å². The summed E-state index contributed by atoms with van der Waals surface area (Å²) in [6.07, 6.45) is 5.34. The van der Waals surface area contributed by atoms with Crippen LogP contribution in [0.15, 0.2) is 0 Å². The van der Waals surface area contributed by atoms with Crippen LogP contribution in [0.25, 0.3) is 0 Å². The first-order valence-electron chi connectivity index (χ1n) is 8.19. The van der Waals surface area contributed by atoms with Gasteiger partial charge in [0.1, 0.15) is 11.6 Å². The van der Waals surface area contributed by atoms with Crippen molar-refractivity contribution in [1.82, 2.24) is 10.2 Å². The van der Waals surface area contributed by atoms with Crippen LogP contribution in [0.3, 0.4) is 0 Å². The van der Waals surface area contributed by atoms with Crippen LogP contribution >= 0.6 is 0 Å². The van der Waals surface area contributed by atoms with Crippen LogP contribution in [-0.4, -0.2) is 34.3 Å². The molecule has 4 heteroatoms. The Morgan fingerprint density at radius 2 is 1.70 bits per heavy atom. The van der Waals surface area contributed by atoms with Crippen molar-refractivity contribution in [2.45, 2.75) is 83.8 Å². The van der Waals surface area contributed by atoms with Crippen molar-refractivity contribution in [2.75, 3.05) is 0 Å². The van der Waals surface area contributed by atoms with E-state index in [9.17, 15) is 9.59 Å². The van der Waals surface area contributed by atoms with E-state index in [-0.39, 0.29) is 23.9 Å². The Bertz CT molecular complexity index is 382. The number of nitrogens with zero attached hydrogens (tertiary/aromatic N) is 1. The van der Waals surface area contributed by atoms with Crippen LogP contribution in [0.1, 0.15) is 66.2 Å². The van der Waals surface area contributed by atoms with Gasteiger partial charge in [-0.05, 0) is 44.4 Å². The van der Waals surface area contributed by atoms with E-state index in [0.717, 1.165) is 25.7 Å². The third-order valence-electron chi connectivity index (χ3n) is 5.24. The van der Waals surface area contributed by atoms with E-state index in [2.05, 4.69) is 19.2 Å². The summed E-state index contributed by atoms with van der Waals surface area (Å²) in [5.41, 5.74) is -0.640. The van der Waals surface area contributed by atoms with Gasteiger partial charge < -0.3 is 10.2 Å². The summed E-state index contributed by atoms with van der Waals surface area (Å²) in [6.45, 7) is 8.25. The van der Waals surface area contributed by atoms with Crippen LogP contribution in [-0.2, 0) is 9.59 Å². The molecule has 2 amide bonds. The lowest BCUT2D eigenvalue weighted by atomic mass is 9.83. The monoisotopic (exact) mass is 280 g/mol. The first-order chi connectivity index (χ1) is 9.55. The molecule has 1 aliphatic carbocycles. The molecule has 2 fully saturated rings. The Morgan fingerprint density at radius 3 is 2.10 bits per heavy atom. The van der Waals surface area contributed by atoms with Crippen LogP contribution < -0.4 is 5.32 Å². The molecular weight excluding hydrogens is 252 g/mol. The lowest BCUT2D eigenvalue weighted by molar-refractivity contribution is -0.163. The fourth-order valence-corrected chi connectivity index (χ4v) is 3.65. The fourth-order valence-electron chi connectivity index (χ4n) is 3.65. The van der Waals surface area contributed by atoms with E-state index in [1.54, 1.807) is 0 Å². The zero-order valence-corrected chi connectivity index (χ0v) is 13.2. The van der Waals surface area contributed by atoms with E-state index in [0.29, 0.717) is 18.8 Å². The molecule has 1 atom stereocenters. The predicted molar refractivity (Wildman–Crippen MR) is 79.2 cm³/mol. The van der Waals surface area contributed by atoms with Gasteiger partial charge in [0.2, 0.25) is 11.8 Å². The summed E-state index contributed by atoms with van der Waals surface area (Å²) >= 11 is 0. The molecule has 114 valence electrons. The second-order valence-corrected chi connectivity index (χ2v) is 6.21. The molecule has 20 heavy (non-hydrogen) atoms. The lowest BCUT2D eigenvalue weighted by Gasteiger charge is -2.51. The van der Waals surface area contributed by atoms with Crippen molar-refractivity contribution in [1.29, 1.82) is 0 Å². The molecule has 0 bridgehead atoms. The summed E-state index contributed by atoms with van der Waals surface area (Å²) in [6, 6.07) is -0.0935. The molecule has 0 aromatic rings. The average molecular weight is 280 g/mol. The third kappa shape index (κ3) is 2.23. The molecule has 0 aromatic heterocycles.